The molecule has 0 unspecified atom stereocenters. The molecule has 0 N–H and O–H groups in total. The third-order valence-corrected chi connectivity index (χ3v) is 7.57. The summed E-state index contributed by atoms with van der Waals surface area (Å²) in [6.45, 7) is 2.75. The average molecular weight is 162 g/mol. The van der Waals surface area contributed by atoms with E-state index in [0.29, 0.717) is 0 Å². The van der Waals surface area contributed by atoms with E-state index in [1.807, 2.05) is 6.08 Å². The molecule has 2 heteroatoms. The van der Waals surface area contributed by atoms with Gasteiger partial charge in [-0.05, 0) is 0 Å². The standard InChI is InChI=1S/C7H15PS/c1-2-5-8(9)6-3-4-7-8/h2,8-9H,1,3-7H2. The number of rotatable bonds is 2. The van der Waals surface area contributed by atoms with Crippen LogP contribution in [0.25, 0.3) is 0 Å². The molecule has 0 radical (unpaired) electrons. The molecule has 0 aromatic heterocycles. The molecular weight excluding hydrogens is 147 g/mol. The molecule has 0 spiro atoms. The van der Waals surface area contributed by atoms with E-state index < -0.39 is 6.46 Å². The first kappa shape index (κ1) is 7.63. The summed E-state index contributed by atoms with van der Waals surface area (Å²) in [5.41, 5.74) is 0. The fourth-order valence-corrected chi connectivity index (χ4v) is 5.85. The van der Waals surface area contributed by atoms with E-state index in [1.54, 1.807) is 0 Å². The minimum absolute atomic E-state index is 1.01. The van der Waals surface area contributed by atoms with Crippen LogP contribution in [0.1, 0.15) is 12.8 Å². The summed E-state index contributed by atoms with van der Waals surface area (Å²) in [5.74, 6) is 0. The topological polar surface area (TPSA) is 0 Å². The predicted octanol–water partition coefficient (Wildman–Crippen LogP) is 2.56. The maximum atomic E-state index is 4.73. The first-order valence-electron chi connectivity index (χ1n) is 3.60. The Morgan fingerprint density at radius 3 is 2.44 bits per heavy atom. The van der Waals surface area contributed by atoms with Crippen LogP contribution in [0.15, 0.2) is 12.7 Å². The van der Waals surface area contributed by atoms with Crippen molar-refractivity contribution in [3.63, 3.8) is 0 Å². The van der Waals surface area contributed by atoms with E-state index in [1.165, 1.54) is 31.3 Å². The van der Waals surface area contributed by atoms with Gasteiger partial charge in [0.05, 0.1) is 0 Å². The fraction of sp³-hybridized carbons (Fsp3) is 0.714. The molecule has 0 bridgehead atoms. The quantitative estimate of drug-likeness (QED) is 0.360. The van der Waals surface area contributed by atoms with Gasteiger partial charge in [0.2, 0.25) is 0 Å². The second-order valence-corrected chi connectivity index (χ2v) is 9.63. The van der Waals surface area contributed by atoms with Crippen LogP contribution < -0.4 is 0 Å². The van der Waals surface area contributed by atoms with E-state index in [2.05, 4.69) is 6.58 Å². The van der Waals surface area contributed by atoms with Gasteiger partial charge in [0.1, 0.15) is 0 Å². The van der Waals surface area contributed by atoms with Crippen LogP contribution in [-0.4, -0.2) is 18.5 Å². The Hall–Kier alpha value is 0.520. The van der Waals surface area contributed by atoms with E-state index in [-0.39, 0.29) is 0 Å². The molecule has 1 saturated heterocycles. The molecule has 0 nitrogen and oxygen atoms in total. The van der Waals surface area contributed by atoms with Gasteiger partial charge in [0.15, 0.2) is 0 Å². The Bertz CT molecular complexity index is 105. The van der Waals surface area contributed by atoms with Crippen molar-refractivity contribution < 1.29 is 0 Å². The van der Waals surface area contributed by atoms with Crippen molar-refractivity contribution in [2.75, 3.05) is 18.5 Å². The first-order valence-corrected chi connectivity index (χ1v) is 7.51. The molecule has 54 valence electrons. The van der Waals surface area contributed by atoms with E-state index in [4.69, 9.17) is 12.2 Å². The van der Waals surface area contributed by atoms with Crippen LogP contribution in [0, 0.1) is 0 Å². The minimum atomic E-state index is -1.01. The summed E-state index contributed by atoms with van der Waals surface area (Å²) in [5, 5.41) is 0. The van der Waals surface area contributed by atoms with E-state index >= 15 is 0 Å². The Balaban J connectivity index is 2.40. The van der Waals surface area contributed by atoms with Crippen LogP contribution in [0.2, 0.25) is 0 Å². The Kier molecular flexibility index (Phi) is 2.60. The molecule has 0 saturated carbocycles. The summed E-state index contributed by atoms with van der Waals surface area (Å²) in [7, 11) is 0. The molecule has 0 aliphatic carbocycles. The van der Waals surface area contributed by atoms with Crippen molar-refractivity contribution in [2.24, 2.45) is 0 Å². The number of thiol groups is 1. The molecule has 9 heavy (non-hydrogen) atoms. The fourth-order valence-electron chi connectivity index (χ4n) is 1.51. The zero-order chi connectivity index (χ0) is 6.74. The van der Waals surface area contributed by atoms with Crippen LogP contribution in [0.5, 0.6) is 0 Å². The summed E-state index contributed by atoms with van der Waals surface area (Å²) in [6.07, 6.45) is 8.94. The third kappa shape index (κ3) is 1.98. The Morgan fingerprint density at radius 1 is 1.44 bits per heavy atom. The average Bonchev–Trinajstić information content (AvgIpc) is 2.16. The van der Waals surface area contributed by atoms with Gasteiger partial charge >= 0.3 is 62.7 Å². The van der Waals surface area contributed by atoms with Gasteiger partial charge in [-0.25, -0.2) is 0 Å². The van der Waals surface area contributed by atoms with Crippen molar-refractivity contribution in [1.82, 2.24) is 0 Å². The Labute approximate surface area is 63.2 Å². The van der Waals surface area contributed by atoms with Gasteiger partial charge < -0.3 is 0 Å². The first-order chi connectivity index (χ1) is 4.27. The van der Waals surface area contributed by atoms with Gasteiger partial charge in [-0.1, -0.05) is 0 Å². The summed E-state index contributed by atoms with van der Waals surface area (Å²) < 4.78 is 0. The van der Waals surface area contributed by atoms with Crippen LogP contribution in [0.3, 0.4) is 0 Å². The van der Waals surface area contributed by atoms with Crippen LogP contribution >= 0.6 is 18.7 Å². The van der Waals surface area contributed by atoms with Crippen molar-refractivity contribution in [1.29, 1.82) is 0 Å². The van der Waals surface area contributed by atoms with E-state index in [0.717, 1.165) is 0 Å². The summed E-state index contributed by atoms with van der Waals surface area (Å²) in [6, 6.07) is 0. The van der Waals surface area contributed by atoms with Crippen LogP contribution in [-0.2, 0) is 0 Å². The van der Waals surface area contributed by atoms with Crippen LogP contribution in [0.4, 0.5) is 0 Å². The van der Waals surface area contributed by atoms with Gasteiger partial charge in [-0.3, -0.25) is 0 Å². The normalized spacial score (nSPS) is 27.7. The molecule has 1 aliphatic heterocycles. The molecule has 0 aromatic rings. The molecule has 0 atom stereocenters. The van der Waals surface area contributed by atoms with Crippen molar-refractivity contribution in [2.45, 2.75) is 12.8 Å². The molecule has 0 amide bonds. The van der Waals surface area contributed by atoms with Gasteiger partial charge in [-0.15, -0.1) is 0 Å². The zero-order valence-electron chi connectivity index (χ0n) is 5.77. The second kappa shape index (κ2) is 3.07. The van der Waals surface area contributed by atoms with Crippen molar-refractivity contribution in [3.05, 3.63) is 12.7 Å². The van der Waals surface area contributed by atoms with Crippen molar-refractivity contribution in [3.8, 4) is 0 Å². The molecule has 1 rings (SSSR count). The SMILES string of the molecule is C=CC[PH]1(S)CCCC1. The van der Waals surface area contributed by atoms with Gasteiger partial charge in [0, 0.05) is 0 Å². The van der Waals surface area contributed by atoms with E-state index in [9.17, 15) is 0 Å². The zero-order valence-corrected chi connectivity index (χ0v) is 7.66. The summed E-state index contributed by atoms with van der Waals surface area (Å²) in [4.78, 5) is 0. The maximum absolute atomic E-state index is 4.73. The van der Waals surface area contributed by atoms with Crippen molar-refractivity contribution >= 4 is 18.7 Å². The molecular formula is C7H15PS. The number of hydrogen-bond acceptors (Lipinski definition) is 1. The molecule has 0 aromatic carbocycles. The van der Waals surface area contributed by atoms with Gasteiger partial charge in [0.25, 0.3) is 0 Å². The van der Waals surface area contributed by atoms with Gasteiger partial charge in [-0.2, -0.15) is 0 Å². The third-order valence-electron chi connectivity index (χ3n) is 2.06. The second-order valence-electron chi connectivity index (χ2n) is 2.92. The predicted molar refractivity (Wildman–Crippen MR) is 51.3 cm³/mol. The molecule has 1 heterocycles. The number of hydrogen-bond donors (Lipinski definition) is 1. The monoisotopic (exact) mass is 162 g/mol. The molecule has 1 aliphatic rings. The molecule has 1 fully saturated rings. The summed E-state index contributed by atoms with van der Waals surface area (Å²) >= 11 is 4.73. The Morgan fingerprint density at radius 2 is 2.00 bits per heavy atom. The number of allylic oxidation sites excluding steroid dienone is 1.